The second-order valence-electron chi connectivity index (χ2n) is 5.58. The van der Waals surface area contributed by atoms with Crippen molar-refractivity contribution in [2.24, 2.45) is 7.05 Å². The number of para-hydroxylation sites is 1. The average Bonchev–Trinajstić information content (AvgIpc) is 2.91. The van der Waals surface area contributed by atoms with Crippen LogP contribution in [0.5, 0.6) is 0 Å². The first-order valence-corrected chi connectivity index (χ1v) is 7.37. The fraction of sp³-hybridized carbons (Fsp3) is 0.100. The van der Waals surface area contributed by atoms with Gasteiger partial charge in [-0.2, -0.15) is 5.26 Å². The van der Waals surface area contributed by atoms with Gasteiger partial charge in [-0.15, -0.1) is 0 Å². The molecule has 3 heteroatoms. The standard InChI is InChI=1S/C20H16N2O/c1-14-7-9-15(10-8-14)11-16(12-21)20(23)18-13-22(2)19-6-4-3-5-17(18)19/h3-11,13H,1-2H3/b16-11+. The number of ketones is 1. The van der Waals surface area contributed by atoms with Gasteiger partial charge in [0.05, 0.1) is 0 Å². The topological polar surface area (TPSA) is 45.8 Å². The fourth-order valence-corrected chi connectivity index (χ4v) is 2.65. The zero-order valence-corrected chi connectivity index (χ0v) is 13.1. The van der Waals surface area contributed by atoms with Crippen LogP contribution in [0.2, 0.25) is 0 Å². The molecule has 1 heterocycles. The number of Topliss-reactive ketones (excluding diaryl/α,β-unsaturated/α-hetero) is 1. The van der Waals surface area contributed by atoms with Gasteiger partial charge in [-0.1, -0.05) is 48.0 Å². The molecule has 0 fully saturated rings. The van der Waals surface area contributed by atoms with E-state index in [1.165, 1.54) is 0 Å². The van der Waals surface area contributed by atoms with Gasteiger partial charge in [-0.25, -0.2) is 0 Å². The molecule has 0 radical (unpaired) electrons. The highest BCUT2D eigenvalue weighted by Crippen LogP contribution is 2.23. The third kappa shape index (κ3) is 2.79. The molecule has 3 aromatic rings. The maximum atomic E-state index is 12.8. The Morgan fingerprint density at radius 1 is 1.13 bits per heavy atom. The molecule has 2 aromatic carbocycles. The maximum absolute atomic E-state index is 12.8. The maximum Gasteiger partial charge on any atom is 0.205 e. The normalized spacial score (nSPS) is 11.4. The van der Waals surface area contributed by atoms with E-state index < -0.39 is 0 Å². The van der Waals surface area contributed by atoms with Crippen molar-refractivity contribution in [3.05, 3.63) is 77.0 Å². The lowest BCUT2D eigenvalue weighted by atomic mass is 10.0. The Hall–Kier alpha value is -3.12. The first-order chi connectivity index (χ1) is 11.1. The molecule has 0 spiro atoms. The lowest BCUT2D eigenvalue weighted by Gasteiger charge is -1.99. The van der Waals surface area contributed by atoms with Crippen molar-refractivity contribution in [1.82, 2.24) is 4.57 Å². The van der Waals surface area contributed by atoms with E-state index in [1.807, 2.05) is 73.1 Å². The van der Waals surface area contributed by atoms with Crippen LogP contribution in [0.25, 0.3) is 17.0 Å². The Morgan fingerprint density at radius 3 is 2.52 bits per heavy atom. The number of nitrogens with zero attached hydrogens (tertiary/aromatic N) is 2. The number of hydrogen-bond donors (Lipinski definition) is 0. The predicted octanol–water partition coefficient (Wildman–Crippen LogP) is 4.28. The molecule has 0 atom stereocenters. The van der Waals surface area contributed by atoms with Crippen molar-refractivity contribution >= 4 is 22.8 Å². The van der Waals surface area contributed by atoms with Gasteiger partial charge in [0.1, 0.15) is 11.6 Å². The second-order valence-corrected chi connectivity index (χ2v) is 5.58. The Balaban J connectivity index is 2.06. The van der Waals surface area contributed by atoms with Crippen LogP contribution in [0, 0.1) is 18.3 Å². The lowest BCUT2D eigenvalue weighted by Crippen LogP contribution is -2.01. The van der Waals surface area contributed by atoms with Crippen LogP contribution < -0.4 is 0 Å². The van der Waals surface area contributed by atoms with Crippen LogP contribution in [0.1, 0.15) is 21.5 Å². The number of allylic oxidation sites excluding steroid dienone is 1. The van der Waals surface area contributed by atoms with Crippen LogP contribution in [0.15, 0.2) is 60.3 Å². The van der Waals surface area contributed by atoms with Gasteiger partial charge in [0.25, 0.3) is 0 Å². The molecule has 0 unspecified atom stereocenters. The number of nitriles is 1. The number of fused-ring (bicyclic) bond motifs is 1. The first kappa shape index (κ1) is 14.8. The number of carbonyl (C=O) groups is 1. The molecule has 0 saturated carbocycles. The zero-order valence-electron chi connectivity index (χ0n) is 13.1. The molecule has 0 aliphatic carbocycles. The Morgan fingerprint density at radius 2 is 1.83 bits per heavy atom. The van der Waals surface area contributed by atoms with E-state index in [9.17, 15) is 10.1 Å². The number of aromatic nitrogens is 1. The number of rotatable bonds is 3. The summed E-state index contributed by atoms with van der Waals surface area (Å²) in [5.74, 6) is -0.245. The minimum absolute atomic E-state index is 0.144. The van der Waals surface area contributed by atoms with Gasteiger partial charge in [-0.3, -0.25) is 4.79 Å². The summed E-state index contributed by atoms with van der Waals surface area (Å²) < 4.78 is 1.91. The van der Waals surface area contributed by atoms with Crippen molar-refractivity contribution in [3.63, 3.8) is 0 Å². The highest BCUT2D eigenvalue weighted by Gasteiger charge is 2.17. The zero-order chi connectivity index (χ0) is 16.4. The molecule has 0 N–H and O–H groups in total. The van der Waals surface area contributed by atoms with E-state index in [0.29, 0.717) is 5.56 Å². The monoisotopic (exact) mass is 300 g/mol. The highest BCUT2D eigenvalue weighted by molar-refractivity contribution is 6.20. The number of benzene rings is 2. The lowest BCUT2D eigenvalue weighted by molar-refractivity contribution is 0.104. The molecule has 1 aromatic heterocycles. The molecular weight excluding hydrogens is 284 g/mol. The summed E-state index contributed by atoms with van der Waals surface area (Å²) in [6.07, 6.45) is 3.43. The molecule has 0 aliphatic rings. The summed E-state index contributed by atoms with van der Waals surface area (Å²) in [4.78, 5) is 12.8. The Bertz CT molecular complexity index is 953. The van der Waals surface area contributed by atoms with E-state index in [1.54, 1.807) is 12.3 Å². The quantitative estimate of drug-likeness (QED) is 0.412. The van der Waals surface area contributed by atoms with Gasteiger partial charge in [0.2, 0.25) is 5.78 Å². The van der Waals surface area contributed by atoms with Crippen LogP contribution in [-0.4, -0.2) is 10.4 Å². The van der Waals surface area contributed by atoms with E-state index in [-0.39, 0.29) is 11.4 Å². The third-order valence-electron chi connectivity index (χ3n) is 3.90. The molecule has 3 nitrogen and oxygen atoms in total. The van der Waals surface area contributed by atoms with Crippen molar-refractivity contribution in [2.45, 2.75) is 6.92 Å². The summed E-state index contributed by atoms with van der Waals surface area (Å²) in [6, 6.07) is 17.5. The Labute approximate surface area is 135 Å². The van der Waals surface area contributed by atoms with Crippen molar-refractivity contribution in [1.29, 1.82) is 5.26 Å². The third-order valence-corrected chi connectivity index (χ3v) is 3.90. The predicted molar refractivity (Wildman–Crippen MR) is 92.0 cm³/mol. The summed E-state index contributed by atoms with van der Waals surface area (Å²) >= 11 is 0. The molecule has 112 valence electrons. The largest absolute Gasteiger partial charge is 0.350 e. The number of carbonyl (C=O) groups excluding carboxylic acids is 1. The number of hydrogen-bond acceptors (Lipinski definition) is 2. The average molecular weight is 300 g/mol. The first-order valence-electron chi connectivity index (χ1n) is 7.37. The van der Waals surface area contributed by atoms with Crippen LogP contribution in [0.4, 0.5) is 0 Å². The molecule has 0 saturated heterocycles. The number of aryl methyl sites for hydroxylation is 2. The summed E-state index contributed by atoms with van der Waals surface area (Å²) in [7, 11) is 1.90. The van der Waals surface area contributed by atoms with Gasteiger partial charge in [-0.05, 0) is 24.6 Å². The minimum Gasteiger partial charge on any atom is -0.350 e. The fourth-order valence-electron chi connectivity index (χ4n) is 2.65. The van der Waals surface area contributed by atoms with Gasteiger partial charge in [0, 0.05) is 29.7 Å². The van der Waals surface area contributed by atoms with Gasteiger partial charge < -0.3 is 4.57 Å². The van der Waals surface area contributed by atoms with Crippen LogP contribution in [0.3, 0.4) is 0 Å². The summed E-state index contributed by atoms with van der Waals surface area (Å²) in [5.41, 5.74) is 3.67. The van der Waals surface area contributed by atoms with Crippen LogP contribution >= 0.6 is 0 Å². The SMILES string of the molecule is Cc1ccc(/C=C(\C#N)C(=O)c2cn(C)c3ccccc23)cc1. The summed E-state index contributed by atoms with van der Waals surface area (Å²) in [5, 5.41) is 10.3. The van der Waals surface area contributed by atoms with Crippen LogP contribution in [-0.2, 0) is 7.05 Å². The minimum atomic E-state index is -0.245. The molecule has 3 rings (SSSR count). The highest BCUT2D eigenvalue weighted by atomic mass is 16.1. The molecule has 0 amide bonds. The van der Waals surface area contributed by atoms with Gasteiger partial charge in [0.15, 0.2) is 0 Å². The molecule has 0 bridgehead atoms. The molecular formula is C20H16N2O. The summed E-state index contributed by atoms with van der Waals surface area (Å²) in [6.45, 7) is 2.00. The smallest absolute Gasteiger partial charge is 0.205 e. The van der Waals surface area contributed by atoms with E-state index in [0.717, 1.165) is 22.0 Å². The molecule has 23 heavy (non-hydrogen) atoms. The van der Waals surface area contributed by atoms with Gasteiger partial charge >= 0.3 is 0 Å². The van der Waals surface area contributed by atoms with E-state index in [4.69, 9.17) is 0 Å². The van der Waals surface area contributed by atoms with E-state index in [2.05, 4.69) is 0 Å². The van der Waals surface area contributed by atoms with Crippen molar-refractivity contribution in [2.75, 3.05) is 0 Å². The van der Waals surface area contributed by atoms with E-state index >= 15 is 0 Å². The Kier molecular flexibility index (Phi) is 3.82. The second kappa shape index (κ2) is 5.94. The van der Waals surface area contributed by atoms with Crippen molar-refractivity contribution < 1.29 is 4.79 Å². The van der Waals surface area contributed by atoms with Crippen molar-refractivity contribution in [3.8, 4) is 6.07 Å². The molecule has 0 aliphatic heterocycles.